The molecule has 1 rings (SSSR count). The topological polar surface area (TPSA) is 80.9 Å². The molecule has 1 heterocycles. The predicted molar refractivity (Wildman–Crippen MR) is 73.6 cm³/mol. The number of carbonyl (C=O) groups is 1. The fourth-order valence-electron chi connectivity index (χ4n) is 1.06. The Kier molecular flexibility index (Phi) is 5.03. The molecule has 0 bridgehead atoms. The lowest BCUT2D eigenvalue weighted by atomic mass is 10.00. The summed E-state index contributed by atoms with van der Waals surface area (Å²) >= 11 is 6.41. The number of hydrogen-bond acceptors (Lipinski definition) is 4. The van der Waals surface area contributed by atoms with Crippen molar-refractivity contribution in [3.63, 3.8) is 0 Å². The van der Waals surface area contributed by atoms with Crippen LogP contribution in [0.2, 0.25) is 0 Å². The van der Waals surface area contributed by atoms with Crippen molar-refractivity contribution in [1.29, 1.82) is 0 Å². The van der Waals surface area contributed by atoms with Crippen molar-refractivity contribution in [2.24, 2.45) is 5.73 Å². The third-order valence-electron chi connectivity index (χ3n) is 1.95. The minimum atomic E-state index is -0.347. The van der Waals surface area contributed by atoms with Crippen molar-refractivity contribution in [3.8, 4) is 0 Å². The number of aromatic nitrogens is 2. The van der Waals surface area contributed by atoms with Crippen molar-refractivity contribution in [2.75, 3.05) is 5.32 Å². The van der Waals surface area contributed by atoms with E-state index in [1.54, 1.807) is 0 Å². The van der Waals surface area contributed by atoms with Crippen LogP contribution in [0, 0.1) is 0 Å². The SMILES string of the molecule is CC(C)(N)CCC(=O)Nc1ncc(Br)nc1Br. The molecule has 0 saturated heterocycles. The number of nitrogens with two attached hydrogens (primary N) is 1. The van der Waals surface area contributed by atoms with Gasteiger partial charge in [0.05, 0.1) is 6.20 Å². The Balaban J connectivity index is 2.57. The summed E-state index contributed by atoms with van der Waals surface area (Å²) in [5.41, 5.74) is 5.46. The van der Waals surface area contributed by atoms with Gasteiger partial charge in [0.2, 0.25) is 5.91 Å². The first-order valence-electron chi connectivity index (χ1n) is 5.05. The van der Waals surface area contributed by atoms with Gasteiger partial charge in [-0.1, -0.05) is 0 Å². The lowest BCUT2D eigenvalue weighted by molar-refractivity contribution is -0.116. The van der Waals surface area contributed by atoms with Gasteiger partial charge in [-0.3, -0.25) is 4.79 Å². The van der Waals surface area contributed by atoms with E-state index in [9.17, 15) is 4.79 Å². The molecule has 7 heteroatoms. The zero-order chi connectivity index (χ0) is 13.1. The smallest absolute Gasteiger partial charge is 0.225 e. The number of nitrogens with one attached hydrogen (secondary N) is 1. The molecule has 0 unspecified atom stereocenters. The number of hydrogen-bond donors (Lipinski definition) is 2. The fourth-order valence-corrected chi connectivity index (χ4v) is 1.97. The lowest BCUT2D eigenvalue weighted by Gasteiger charge is -2.17. The van der Waals surface area contributed by atoms with Crippen LogP contribution in [0.3, 0.4) is 0 Å². The molecule has 3 N–H and O–H groups in total. The molecule has 1 amide bonds. The van der Waals surface area contributed by atoms with Crippen LogP contribution in [0.15, 0.2) is 15.4 Å². The summed E-state index contributed by atoms with van der Waals surface area (Å²) in [6.07, 6.45) is 2.49. The first kappa shape index (κ1) is 14.5. The van der Waals surface area contributed by atoms with E-state index in [2.05, 4.69) is 47.1 Å². The maximum atomic E-state index is 11.6. The maximum Gasteiger partial charge on any atom is 0.225 e. The summed E-state index contributed by atoms with van der Waals surface area (Å²) in [5.74, 6) is 0.286. The minimum absolute atomic E-state index is 0.124. The van der Waals surface area contributed by atoms with E-state index in [-0.39, 0.29) is 11.4 Å². The van der Waals surface area contributed by atoms with Crippen LogP contribution in [0.4, 0.5) is 5.82 Å². The van der Waals surface area contributed by atoms with Crippen LogP contribution in [0.5, 0.6) is 0 Å². The molecular weight excluding hydrogens is 352 g/mol. The molecule has 0 spiro atoms. The lowest BCUT2D eigenvalue weighted by Crippen LogP contribution is -2.33. The Bertz CT molecular complexity index is 417. The van der Waals surface area contributed by atoms with E-state index in [0.717, 1.165) is 0 Å². The average molecular weight is 366 g/mol. The molecule has 5 nitrogen and oxygen atoms in total. The molecule has 17 heavy (non-hydrogen) atoms. The van der Waals surface area contributed by atoms with Gasteiger partial charge in [-0.2, -0.15) is 0 Å². The number of rotatable bonds is 4. The average Bonchev–Trinajstić information content (AvgIpc) is 2.18. The molecule has 0 radical (unpaired) electrons. The van der Waals surface area contributed by atoms with Crippen LogP contribution in [-0.4, -0.2) is 21.4 Å². The van der Waals surface area contributed by atoms with Crippen molar-refractivity contribution < 1.29 is 4.79 Å². The summed E-state index contributed by atoms with van der Waals surface area (Å²) in [7, 11) is 0. The molecule has 0 atom stereocenters. The Morgan fingerprint density at radius 1 is 1.53 bits per heavy atom. The summed E-state index contributed by atoms with van der Waals surface area (Å²) < 4.78 is 1.10. The Morgan fingerprint density at radius 3 is 2.71 bits per heavy atom. The first-order valence-corrected chi connectivity index (χ1v) is 6.63. The second-order valence-corrected chi connectivity index (χ2v) is 5.93. The predicted octanol–water partition coefficient (Wildman–Crippen LogP) is 2.46. The molecule has 1 aromatic heterocycles. The minimum Gasteiger partial charge on any atom is -0.326 e. The molecule has 1 aromatic rings. The second kappa shape index (κ2) is 5.88. The third kappa shape index (κ3) is 5.56. The van der Waals surface area contributed by atoms with Crippen molar-refractivity contribution >= 4 is 43.6 Å². The van der Waals surface area contributed by atoms with Crippen molar-refractivity contribution in [1.82, 2.24) is 9.97 Å². The molecule has 0 aliphatic heterocycles. The summed E-state index contributed by atoms with van der Waals surface area (Å²) in [5, 5.41) is 2.67. The Morgan fingerprint density at radius 2 is 2.18 bits per heavy atom. The highest BCUT2D eigenvalue weighted by Gasteiger charge is 2.14. The van der Waals surface area contributed by atoms with Gasteiger partial charge in [-0.15, -0.1) is 0 Å². The van der Waals surface area contributed by atoms with E-state index < -0.39 is 0 Å². The van der Waals surface area contributed by atoms with Crippen LogP contribution in [0.25, 0.3) is 0 Å². The highest BCUT2D eigenvalue weighted by atomic mass is 79.9. The molecule has 0 aromatic carbocycles. The first-order chi connectivity index (χ1) is 7.78. The van der Waals surface area contributed by atoms with E-state index in [0.29, 0.717) is 27.9 Å². The maximum absolute atomic E-state index is 11.6. The fraction of sp³-hybridized carbons (Fsp3) is 0.500. The van der Waals surface area contributed by atoms with Crippen molar-refractivity contribution in [3.05, 3.63) is 15.4 Å². The van der Waals surface area contributed by atoms with Gasteiger partial charge < -0.3 is 11.1 Å². The normalized spacial score (nSPS) is 11.4. The standard InChI is InChI=1S/C10H14Br2N4O/c1-10(2,13)4-3-7(17)16-9-8(12)15-6(11)5-14-9/h5H,3-4,13H2,1-2H3,(H,14,16,17). The summed E-state index contributed by atoms with van der Waals surface area (Å²) in [6, 6.07) is 0. The highest BCUT2D eigenvalue weighted by molar-refractivity contribution is 9.11. The number of amides is 1. The van der Waals surface area contributed by atoms with Crippen LogP contribution >= 0.6 is 31.9 Å². The molecule has 0 aliphatic rings. The molecular formula is C10H14Br2N4O. The highest BCUT2D eigenvalue weighted by Crippen LogP contribution is 2.19. The number of nitrogens with zero attached hydrogens (tertiary/aromatic N) is 2. The van der Waals surface area contributed by atoms with Gasteiger partial charge in [0.15, 0.2) is 5.82 Å². The molecule has 94 valence electrons. The van der Waals surface area contributed by atoms with Crippen LogP contribution < -0.4 is 11.1 Å². The summed E-state index contributed by atoms with van der Waals surface area (Å²) in [6.45, 7) is 3.77. The molecule has 0 fully saturated rings. The Hall–Kier alpha value is -0.530. The van der Waals surface area contributed by atoms with Gasteiger partial charge in [0.25, 0.3) is 0 Å². The van der Waals surface area contributed by atoms with Gasteiger partial charge in [-0.05, 0) is 52.1 Å². The molecule has 0 aliphatic carbocycles. The van der Waals surface area contributed by atoms with Gasteiger partial charge in [0.1, 0.15) is 9.21 Å². The zero-order valence-electron chi connectivity index (χ0n) is 9.63. The van der Waals surface area contributed by atoms with Gasteiger partial charge in [0, 0.05) is 12.0 Å². The van der Waals surface area contributed by atoms with E-state index >= 15 is 0 Å². The number of anilines is 1. The van der Waals surface area contributed by atoms with Gasteiger partial charge in [-0.25, -0.2) is 9.97 Å². The second-order valence-electron chi connectivity index (χ2n) is 4.37. The quantitative estimate of drug-likeness (QED) is 0.858. The summed E-state index contributed by atoms with van der Waals surface area (Å²) in [4.78, 5) is 19.7. The van der Waals surface area contributed by atoms with Crippen LogP contribution in [0.1, 0.15) is 26.7 Å². The van der Waals surface area contributed by atoms with Gasteiger partial charge >= 0.3 is 0 Å². The monoisotopic (exact) mass is 364 g/mol. The molecule has 0 saturated carbocycles. The third-order valence-corrected chi connectivity index (χ3v) is 2.89. The van der Waals surface area contributed by atoms with E-state index in [4.69, 9.17) is 5.73 Å². The zero-order valence-corrected chi connectivity index (χ0v) is 12.8. The Labute approximate surface area is 117 Å². The number of carbonyl (C=O) groups excluding carboxylic acids is 1. The van der Waals surface area contributed by atoms with E-state index in [1.807, 2.05) is 13.8 Å². The number of halogens is 2. The van der Waals surface area contributed by atoms with E-state index in [1.165, 1.54) is 6.20 Å². The van der Waals surface area contributed by atoms with Crippen molar-refractivity contribution in [2.45, 2.75) is 32.2 Å². The largest absolute Gasteiger partial charge is 0.326 e. The van der Waals surface area contributed by atoms with Crippen LogP contribution in [-0.2, 0) is 4.79 Å².